The van der Waals surface area contributed by atoms with E-state index in [0.717, 1.165) is 0 Å². The lowest BCUT2D eigenvalue weighted by molar-refractivity contribution is -0.148. The van der Waals surface area contributed by atoms with Crippen molar-refractivity contribution in [1.82, 2.24) is 5.32 Å². The molecule has 0 bridgehead atoms. The highest BCUT2D eigenvalue weighted by atomic mass is 16.5. The van der Waals surface area contributed by atoms with E-state index in [4.69, 9.17) is 14.7 Å². The van der Waals surface area contributed by atoms with Crippen LogP contribution in [-0.4, -0.2) is 24.7 Å². The Bertz CT molecular complexity index is 383. The van der Waals surface area contributed by atoms with Crippen molar-refractivity contribution in [2.75, 3.05) is 6.61 Å². The molecule has 6 heteroatoms. The van der Waals surface area contributed by atoms with Gasteiger partial charge in [0.05, 0.1) is 12.5 Å². The van der Waals surface area contributed by atoms with E-state index < -0.39 is 18.1 Å². The second-order valence-corrected chi connectivity index (χ2v) is 3.54. The minimum Gasteiger partial charge on any atom is -0.466 e. The predicted molar refractivity (Wildman–Crippen MR) is 57.1 cm³/mol. The fraction of sp³-hybridized carbons (Fsp3) is 0.545. The Hall–Kier alpha value is -2.03. The van der Waals surface area contributed by atoms with Crippen molar-refractivity contribution in [2.24, 2.45) is 5.92 Å². The summed E-state index contributed by atoms with van der Waals surface area (Å²) in [6.07, 6.45) is 1.02. The topological polar surface area (TPSA) is 88.4 Å². The number of amides is 1. The van der Waals surface area contributed by atoms with Gasteiger partial charge in [-0.3, -0.25) is 9.59 Å². The zero-order valence-electron chi connectivity index (χ0n) is 9.73. The van der Waals surface area contributed by atoms with E-state index in [0.29, 0.717) is 0 Å². The number of hydrogen-bond donors (Lipinski definition) is 1. The molecule has 1 heterocycles. The smallest absolute Gasteiger partial charge is 0.313 e. The van der Waals surface area contributed by atoms with E-state index in [-0.39, 0.29) is 24.7 Å². The zero-order chi connectivity index (χ0) is 12.8. The van der Waals surface area contributed by atoms with E-state index in [9.17, 15) is 9.59 Å². The molecule has 0 aromatic rings. The Kier molecular flexibility index (Phi) is 4.52. The van der Waals surface area contributed by atoms with Gasteiger partial charge >= 0.3 is 5.97 Å². The third-order valence-corrected chi connectivity index (χ3v) is 2.15. The highest BCUT2D eigenvalue weighted by Crippen LogP contribution is 2.21. The number of nitrogens with one attached hydrogen (secondary N) is 1. The highest BCUT2D eigenvalue weighted by molar-refractivity contribution is 5.76. The summed E-state index contributed by atoms with van der Waals surface area (Å²) >= 11 is 0. The number of esters is 1. The summed E-state index contributed by atoms with van der Waals surface area (Å²) in [5, 5.41) is 11.3. The summed E-state index contributed by atoms with van der Waals surface area (Å²) in [5.74, 6) is -1.24. The van der Waals surface area contributed by atoms with Crippen molar-refractivity contribution < 1.29 is 19.1 Å². The van der Waals surface area contributed by atoms with Crippen LogP contribution in [0.25, 0.3) is 0 Å². The van der Waals surface area contributed by atoms with Gasteiger partial charge in [0.15, 0.2) is 12.0 Å². The lowest BCUT2D eigenvalue weighted by atomic mass is 10.0. The number of hydrogen-bond acceptors (Lipinski definition) is 5. The molecule has 92 valence electrons. The number of carbonyl (C=O) groups is 2. The van der Waals surface area contributed by atoms with Gasteiger partial charge in [0.25, 0.3) is 0 Å². The third kappa shape index (κ3) is 3.79. The molecule has 1 amide bonds. The van der Waals surface area contributed by atoms with Crippen molar-refractivity contribution in [3.05, 3.63) is 11.8 Å². The monoisotopic (exact) mass is 238 g/mol. The number of nitrogens with zero attached hydrogens (tertiary/aromatic N) is 1. The summed E-state index contributed by atoms with van der Waals surface area (Å²) in [5.41, 5.74) is 0. The van der Waals surface area contributed by atoms with Crippen LogP contribution in [-0.2, 0) is 19.1 Å². The normalized spacial score (nSPS) is 22.8. The Morgan fingerprint density at radius 3 is 2.94 bits per heavy atom. The average Bonchev–Trinajstić information content (AvgIpc) is 2.28. The molecule has 0 aromatic heterocycles. The van der Waals surface area contributed by atoms with Gasteiger partial charge in [-0.2, -0.15) is 5.26 Å². The second-order valence-electron chi connectivity index (χ2n) is 3.54. The molecule has 0 unspecified atom stereocenters. The van der Waals surface area contributed by atoms with Crippen molar-refractivity contribution in [3.8, 4) is 6.07 Å². The molecule has 1 N–H and O–H groups in total. The molecule has 0 fully saturated rings. The van der Waals surface area contributed by atoms with Crippen LogP contribution in [0, 0.1) is 17.2 Å². The fourth-order valence-electron chi connectivity index (χ4n) is 1.51. The van der Waals surface area contributed by atoms with Gasteiger partial charge in [-0.05, 0) is 13.0 Å². The molecule has 0 saturated heterocycles. The highest BCUT2D eigenvalue weighted by Gasteiger charge is 2.29. The van der Waals surface area contributed by atoms with Gasteiger partial charge in [-0.25, -0.2) is 0 Å². The quantitative estimate of drug-likeness (QED) is 0.721. The second kappa shape index (κ2) is 5.89. The van der Waals surface area contributed by atoms with Crippen LogP contribution < -0.4 is 5.32 Å². The van der Waals surface area contributed by atoms with Gasteiger partial charge in [0.1, 0.15) is 6.07 Å². The zero-order valence-corrected chi connectivity index (χ0v) is 9.73. The van der Waals surface area contributed by atoms with Crippen LogP contribution in [0.4, 0.5) is 0 Å². The molecule has 1 aliphatic rings. The Morgan fingerprint density at radius 2 is 2.41 bits per heavy atom. The van der Waals surface area contributed by atoms with Crippen LogP contribution in [0.1, 0.15) is 20.3 Å². The molecular weight excluding hydrogens is 224 g/mol. The molecule has 0 aliphatic carbocycles. The maximum atomic E-state index is 11.5. The molecule has 0 saturated carbocycles. The van der Waals surface area contributed by atoms with Gasteiger partial charge in [-0.1, -0.05) is 0 Å². The standard InChI is InChI=1S/C11H14N2O4/c1-3-16-11(15)8-4-9(6-12)17-10(5-8)13-7(2)14/h4,8,10H,3,5H2,1-2H3,(H,13,14)/t8-,10+/m0/s1. The van der Waals surface area contributed by atoms with Crippen LogP contribution in [0.3, 0.4) is 0 Å². The molecule has 1 aliphatic heterocycles. The first kappa shape index (κ1) is 13.0. The summed E-state index contributed by atoms with van der Waals surface area (Å²) < 4.78 is 10.0. The maximum absolute atomic E-state index is 11.5. The van der Waals surface area contributed by atoms with E-state index in [2.05, 4.69) is 5.32 Å². The Labute approximate surface area is 99.2 Å². The largest absolute Gasteiger partial charge is 0.466 e. The summed E-state index contributed by atoms with van der Waals surface area (Å²) in [6.45, 7) is 3.32. The van der Waals surface area contributed by atoms with E-state index >= 15 is 0 Å². The van der Waals surface area contributed by atoms with E-state index in [1.165, 1.54) is 13.0 Å². The van der Waals surface area contributed by atoms with Crippen molar-refractivity contribution in [2.45, 2.75) is 26.5 Å². The molecule has 0 radical (unpaired) electrons. The lowest BCUT2D eigenvalue weighted by Crippen LogP contribution is -2.40. The number of carbonyl (C=O) groups excluding carboxylic acids is 2. The average molecular weight is 238 g/mol. The van der Waals surface area contributed by atoms with Crippen molar-refractivity contribution >= 4 is 11.9 Å². The Morgan fingerprint density at radius 1 is 1.71 bits per heavy atom. The molecule has 0 aromatic carbocycles. The summed E-state index contributed by atoms with van der Waals surface area (Å²) in [4.78, 5) is 22.4. The maximum Gasteiger partial charge on any atom is 0.313 e. The molecular formula is C11H14N2O4. The minimum absolute atomic E-state index is 0.0213. The van der Waals surface area contributed by atoms with Crippen LogP contribution in [0.2, 0.25) is 0 Å². The lowest BCUT2D eigenvalue weighted by Gasteiger charge is -2.26. The number of allylic oxidation sites excluding steroid dienone is 1. The van der Waals surface area contributed by atoms with Crippen molar-refractivity contribution in [1.29, 1.82) is 5.26 Å². The first-order valence-electron chi connectivity index (χ1n) is 5.29. The predicted octanol–water partition coefficient (Wildman–Crippen LogP) is 0.456. The minimum atomic E-state index is -0.665. The summed E-state index contributed by atoms with van der Waals surface area (Å²) in [7, 11) is 0. The number of ether oxygens (including phenoxy) is 2. The molecule has 0 spiro atoms. The summed E-state index contributed by atoms with van der Waals surface area (Å²) in [6, 6.07) is 1.81. The van der Waals surface area contributed by atoms with Gasteiger partial charge < -0.3 is 14.8 Å². The first-order valence-corrected chi connectivity index (χ1v) is 5.29. The molecule has 2 atom stereocenters. The Balaban J connectivity index is 2.74. The van der Waals surface area contributed by atoms with Crippen LogP contribution >= 0.6 is 0 Å². The van der Waals surface area contributed by atoms with Crippen LogP contribution in [0.5, 0.6) is 0 Å². The molecule has 6 nitrogen and oxygen atoms in total. The number of nitriles is 1. The van der Waals surface area contributed by atoms with Gasteiger partial charge in [-0.15, -0.1) is 0 Å². The SMILES string of the molecule is CCOC(=O)[C@H]1C=C(C#N)O[C@@H](NC(C)=O)C1. The van der Waals surface area contributed by atoms with Gasteiger partial charge in [0, 0.05) is 13.3 Å². The number of rotatable bonds is 3. The van der Waals surface area contributed by atoms with E-state index in [1.807, 2.05) is 6.07 Å². The fourth-order valence-corrected chi connectivity index (χ4v) is 1.51. The van der Waals surface area contributed by atoms with Crippen LogP contribution in [0.15, 0.2) is 11.8 Å². The van der Waals surface area contributed by atoms with E-state index in [1.54, 1.807) is 6.92 Å². The third-order valence-electron chi connectivity index (χ3n) is 2.15. The van der Waals surface area contributed by atoms with Crippen molar-refractivity contribution in [3.63, 3.8) is 0 Å². The first-order chi connectivity index (χ1) is 8.06. The van der Waals surface area contributed by atoms with Gasteiger partial charge in [0.2, 0.25) is 5.91 Å². The molecule has 17 heavy (non-hydrogen) atoms. The molecule has 1 rings (SSSR count).